The van der Waals surface area contributed by atoms with Crippen molar-refractivity contribution < 1.29 is 19.1 Å². The molecule has 27 heavy (non-hydrogen) atoms. The smallest absolute Gasteiger partial charge is 0.410 e. The molecule has 6 nitrogen and oxygen atoms in total. The topological polar surface area (TPSA) is 59.1 Å². The molecule has 0 unspecified atom stereocenters. The van der Waals surface area contributed by atoms with Crippen LogP contribution in [0.4, 0.5) is 4.79 Å². The molecule has 2 amide bonds. The van der Waals surface area contributed by atoms with Crippen molar-refractivity contribution in [2.45, 2.75) is 52.7 Å². The van der Waals surface area contributed by atoms with Gasteiger partial charge in [0.25, 0.3) is 0 Å². The van der Waals surface area contributed by atoms with Crippen molar-refractivity contribution in [1.29, 1.82) is 0 Å². The number of rotatable bonds is 5. The quantitative estimate of drug-likeness (QED) is 0.786. The van der Waals surface area contributed by atoms with Crippen molar-refractivity contribution in [3.05, 3.63) is 29.8 Å². The molecule has 150 valence electrons. The number of benzene rings is 1. The molecule has 2 rings (SSSR count). The van der Waals surface area contributed by atoms with Crippen molar-refractivity contribution in [3.8, 4) is 5.75 Å². The van der Waals surface area contributed by atoms with Gasteiger partial charge in [-0.15, -0.1) is 0 Å². The lowest BCUT2D eigenvalue weighted by molar-refractivity contribution is -0.137. The second kappa shape index (κ2) is 9.11. The third-order valence-electron chi connectivity index (χ3n) is 4.65. The van der Waals surface area contributed by atoms with Gasteiger partial charge < -0.3 is 19.3 Å². The molecule has 0 bridgehead atoms. The predicted octanol–water partition coefficient (Wildman–Crippen LogP) is 3.69. The van der Waals surface area contributed by atoms with Crippen molar-refractivity contribution in [1.82, 2.24) is 9.80 Å². The Hall–Kier alpha value is -2.24. The molecule has 1 aromatic rings. The molecule has 0 spiro atoms. The Labute approximate surface area is 162 Å². The zero-order valence-corrected chi connectivity index (χ0v) is 17.2. The van der Waals surface area contributed by atoms with Crippen LogP contribution < -0.4 is 4.74 Å². The zero-order valence-electron chi connectivity index (χ0n) is 17.2. The summed E-state index contributed by atoms with van der Waals surface area (Å²) >= 11 is 0. The predicted molar refractivity (Wildman–Crippen MR) is 105 cm³/mol. The van der Waals surface area contributed by atoms with E-state index < -0.39 is 5.60 Å². The van der Waals surface area contributed by atoms with Gasteiger partial charge in [-0.3, -0.25) is 4.79 Å². The molecule has 0 aromatic heterocycles. The molecule has 1 aliphatic heterocycles. The summed E-state index contributed by atoms with van der Waals surface area (Å²) in [7, 11) is 1.64. The second-order valence-corrected chi connectivity index (χ2v) is 7.97. The van der Waals surface area contributed by atoms with Gasteiger partial charge in [0.1, 0.15) is 11.4 Å². The molecule has 0 saturated carbocycles. The average molecular weight is 376 g/mol. The van der Waals surface area contributed by atoms with Crippen LogP contribution in [-0.2, 0) is 16.1 Å². The SMILES string of the molecule is CCN(Cc1ccc(OC)cc1)C(=O)[C@@H]1CCCN(C(=O)OC(C)(C)C)C1. The highest BCUT2D eigenvalue weighted by Gasteiger charge is 2.32. The van der Waals surface area contributed by atoms with E-state index in [0.29, 0.717) is 26.2 Å². The summed E-state index contributed by atoms with van der Waals surface area (Å²) in [5.74, 6) is 0.722. The van der Waals surface area contributed by atoms with Gasteiger partial charge in [0.15, 0.2) is 0 Å². The van der Waals surface area contributed by atoms with Crippen LogP contribution in [-0.4, -0.2) is 54.1 Å². The normalized spacial score (nSPS) is 17.4. The van der Waals surface area contributed by atoms with Crippen LogP contribution in [0.5, 0.6) is 5.75 Å². The Bertz CT molecular complexity index is 637. The van der Waals surface area contributed by atoms with Gasteiger partial charge in [-0.2, -0.15) is 0 Å². The monoisotopic (exact) mass is 376 g/mol. The lowest BCUT2D eigenvalue weighted by Gasteiger charge is -2.35. The van der Waals surface area contributed by atoms with Crippen LogP contribution in [0.2, 0.25) is 0 Å². The number of hydrogen-bond donors (Lipinski definition) is 0. The summed E-state index contributed by atoms with van der Waals surface area (Å²) < 4.78 is 10.6. The maximum absolute atomic E-state index is 13.0. The van der Waals surface area contributed by atoms with E-state index in [1.54, 1.807) is 12.0 Å². The minimum absolute atomic E-state index is 0.0987. The summed E-state index contributed by atoms with van der Waals surface area (Å²) in [6, 6.07) is 7.75. The van der Waals surface area contributed by atoms with E-state index in [-0.39, 0.29) is 17.9 Å². The molecule has 6 heteroatoms. The van der Waals surface area contributed by atoms with Crippen LogP contribution in [0.1, 0.15) is 46.1 Å². The first-order chi connectivity index (χ1) is 12.7. The summed E-state index contributed by atoms with van der Waals surface area (Å²) in [6.07, 6.45) is 1.28. The van der Waals surface area contributed by atoms with Crippen LogP contribution >= 0.6 is 0 Å². The number of likely N-dealkylation sites (tertiary alicyclic amines) is 1. The van der Waals surface area contributed by atoms with Gasteiger partial charge >= 0.3 is 6.09 Å². The molecule has 1 fully saturated rings. The molecule has 1 atom stereocenters. The van der Waals surface area contributed by atoms with Gasteiger partial charge in [-0.05, 0) is 58.2 Å². The van der Waals surface area contributed by atoms with E-state index in [9.17, 15) is 9.59 Å². The molecule has 1 aliphatic rings. The highest BCUT2D eigenvalue weighted by Crippen LogP contribution is 2.22. The molecule has 0 N–H and O–H groups in total. The Morgan fingerprint density at radius 1 is 1.22 bits per heavy atom. The average Bonchev–Trinajstić information content (AvgIpc) is 2.64. The summed E-state index contributed by atoms with van der Waals surface area (Å²) in [5, 5.41) is 0. The fraction of sp³-hybridized carbons (Fsp3) is 0.619. The van der Waals surface area contributed by atoms with Crippen LogP contribution in [0, 0.1) is 5.92 Å². The van der Waals surface area contributed by atoms with E-state index in [1.165, 1.54) is 0 Å². The van der Waals surface area contributed by atoms with Gasteiger partial charge in [0, 0.05) is 26.2 Å². The summed E-state index contributed by atoms with van der Waals surface area (Å²) in [5.41, 5.74) is 0.531. The van der Waals surface area contributed by atoms with Gasteiger partial charge in [-0.25, -0.2) is 4.79 Å². The number of amides is 2. The molecule has 1 saturated heterocycles. The van der Waals surface area contributed by atoms with Gasteiger partial charge in [-0.1, -0.05) is 12.1 Å². The van der Waals surface area contributed by atoms with E-state index in [2.05, 4.69) is 0 Å². The fourth-order valence-corrected chi connectivity index (χ4v) is 3.23. The van der Waals surface area contributed by atoms with Crippen LogP contribution in [0.3, 0.4) is 0 Å². The third kappa shape index (κ3) is 6.15. The number of nitrogens with zero attached hydrogens (tertiary/aromatic N) is 2. The molecular weight excluding hydrogens is 344 g/mol. The maximum atomic E-state index is 13.0. The largest absolute Gasteiger partial charge is 0.497 e. The number of hydrogen-bond acceptors (Lipinski definition) is 4. The third-order valence-corrected chi connectivity index (χ3v) is 4.65. The Kier molecular flexibility index (Phi) is 7.11. The van der Waals surface area contributed by atoms with Crippen LogP contribution in [0.25, 0.3) is 0 Å². The molecular formula is C21H32N2O4. The Morgan fingerprint density at radius 2 is 1.89 bits per heavy atom. The number of piperidine rings is 1. The number of carbonyl (C=O) groups excluding carboxylic acids is 2. The minimum atomic E-state index is -0.530. The van der Waals surface area contributed by atoms with E-state index in [0.717, 1.165) is 24.2 Å². The van der Waals surface area contributed by atoms with Crippen molar-refractivity contribution >= 4 is 12.0 Å². The standard InChI is InChI=1S/C21H32N2O4/c1-6-22(14-16-9-11-18(26-5)12-10-16)19(24)17-8-7-13-23(15-17)20(25)27-21(2,3)4/h9-12,17H,6-8,13-15H2,1-5H3/t17-/m1/s1. The molecule has 1 aromatic carbocycles. The minimum Gasteiger partial charge on any atom is -0.497 e. The Morgan fingerprint density at radius 3 is 2.44 bits per heavy atom. The summed E-state index contributed by atoms with van der Waals surface area (Å²) in [6.45, 7) is 9.80. The number of carbonyl (C=O) groups is 2. The second-order valence-electron chi connectivity index (χ2n) is 7.97. The first kappa shape index (κ1) is 21.1. The van der Waals surface area contributed by atoms with E-state index in [1.807, 2.05) is 56.9 Å². The van der Waals surface area contributed by atoms with E-state index in [4.69, 9.17) is 9.47 Å². The number of methoxy groups -OCH3 is 1. The fourth-order valence-electron chi connectivity index (χ4n) is 3.23. The van der Waals surface area contributed by atoms with Crippen molar-refractivity contribution in [2.24, 2.45) is 5.92 Å². The van der Waals surface area contributed by atoms with Crippen molar-refractivity contribution in [2.75, 3.05) is 26.7 Å². The first-order valence-corrected chi connectivity index (χ1v) is 9.63. The van der Waals surface area contributed by atoms with Gasteiger partial charge in [0.05, 0.1) is 13.0 Å². The first-order valence-electron chi connectivity index (χ1n) is 9.63. The molecule has 0 radical (unpaired) electrons. The Balaban J connectivity index is 1.99. The molecule has 1 heterocycles. The zero-order chi connectivity index (χ0) is 20.0. The van der Waals surface area contributed by atoms with Crippen LogP contribution in [0.15, 0.2) is 24.3 Å². The van der Waals surface area contributed by atoms with Gasteiger partial charge in [0.2, 0.25) is 5.91 Å². The highest BCUT2D eigenvalue weighted by atomic mass is 16.6. The lowest BCUT2D eigenvalue weighted by atomic mass is 9.96. The van der Waals surface area contributed by atoms with Crippen molar-refractivity contribution in [3.63, 3.8) is 0 Å². The summed E-state index contributed by atoms with van der Waals surface area (Å²) in [4.78, 5) is 28.9. The lowest BCUT2D eigenvalue weighted by Crippen LogP contribution is -2.47. The maximum Gasteiger partial charge on any atom is 0.410 e. The number of ether oxygens (including phenoxy) is 2. The molecule has 0 aliphatic carbocycles. The highest BCUT2D eigenvalue weighted by molar-refractivity contribution is 5.80. The van der Waals surface area contributed by atoms with E-state index >= 15 is 0 Å².